The average molecular weight is 511 g/mol. The van der Waals surface area contributed by atoms with Crippen LogP contribution in [0.5, 0.6) is 0 Å². The van der Waals surface area contributed by atoms with E-state index in [2.05, 4.69) is 62.6 Å². The van der Waals surface area contributed by atoms with Gasteiger partial charge in [0, 0.05) is 65.2 Å². The zero-order chi connectivity index (χ0) is 19.9. The minimum Gasteiger partial charge on any atom is -0.369 e. The van der Waals surface area contributed by atoms with E-state index in [0.29, 0.717) is 6.54 Å². The molecule has 0 aliphatic carbocycles. The van der Waals surface area contributed by atoms with Crippen LogP contribution in [-0.4, -0.2) is 67.0 Å². The zero-order valence-corrected chi connectivity index (χ0v) is 20.3. The Bertz CT molecular complexity index is 794. The van der Waals surface area contributed by atoms with E-state index in [1.807, 2.05) is 31.0 Å². The molecule has 0 spiro atoms. The lowest BCUT2D eigenvalue weighted by molar-refractivity contribution is 0.261. The minimum absolute atomic E-state index is 0. The quantitative estimate of drug-likeness (QED) is 0.354. The highest BCUT2D eigenvalue weighted by Crippen LogP contribution is 2.23. The standard InChI is InChI=1S/C21H33N7.HI/c1-17-6-5-7-20(18(17)2)28-14-12-27(13-15-28)11-10-23-21(22-3)24-16-19-8-9-25-26(19)4;/h5-9H,10-16H2,1-4H3,(H2,22,23,24);1H. The highest BCUT2D eigenvalue weighted by atomic mass is 127. The van der Waals surface area contributed by atoms with E-state index in [1.165, 1.54) is 16.8 Å². The number of aliphatic imine (C=N–C) groups is 1. The summed E-state index contributed by atoms with van der Waals surface area (Å²) in [4.78, 5) is 9.34. The Labute approximate surface area is 191 Å². The van der Waals surface area contributed by atoms with Crippen molar-refractivity contribution >= 4 is 35.6 Å². The van der Waals surface area contributed by atoms with E-state index < -0.39 is 0 Å². The van der Waals surface area contributed by atoms with E-state index in [0.717, 1.165) is 50.9 Å². The molecule has 0 saturated carbocycles. The largest absolute Gasteiger partial charge is 0.369 e. The number of aromatic nitrogens is 2. The molecule has 2 aromatic rings. The number of nitrogens with zero attached hydrogens (tertiary/aromatic N) is 5. The van der Waals surface area contributed by atoms with Crippen molar-refractivity contribution in [3.05, 3.63) is 47.3 Å². The SMILES string of the molecule is CN=C(NCCN1CCN(c2cccc(C)c2C)CC1)NCc1ccnn1C.I. The summed E-state index contributed by atoms with van der Waals surface area (Å²) in [5.74, 6) is 0.829. The highest BCUT2D eigenvalue weighted by molar-refractivity contribution is 14.0. The van der Waals surface area contributed by atoms with Gasteiger partial charge in [-0.05, 0) is 37.1 Å². The van der Waals surface area contributed by atoms with E-state index in [-0.39, 0.29) is 24.0 Å². The molecular weight excluding hydrogens is 477 g/mol. The first-order chi connectivity index (χ1) is 13.6. The first-order valence-electron chi connectivity index (χ1n) is 10.0. The lowest BCUT2D eigenvalue weighted by Crippen LogP contribution is -2.49. The number of guanidine groups is 1. The summed E-state index contributed by atoms with van der Waals surface area (Å²) in [5, 5.41) is 10.9. The van der Waals surface area contributed by atoms with Crippen LogP contribution in [0.1, 0.15) is 16.8 Å². The van der Waals surface area contributed by atoms with Crippen molar-refractivity contribution in [1.29, 1.82) is 0 Å². The molecule has 2 N–H and O–H groups in total. The maximum absolute atomic E-state index is 4.31. The van der Waals surface area contributed by atoms with Crippen molar-refractivity contribution in [3.8, 4) is 0 Å². The van der Waals surface area contributed by atoms with Crippen LogP contribution in [0.25, 0.3) is 0 Å². The Hall–Kier alpha value is -1.81. The van der Waals surface area contributed by atoms with Crippen LogP contribution in [0.2, 0.25) is 0 Å². The van der Waals surface area contributed by atoms with Gasteiger partial charge in [-0.25, -0.2) is 0 Å². The number of hydrogen-bond acceptors (Lipinski definition) is 4. The lowest BCUT2D eigenvalue weighted by atomic mass is 10.1. The van der Waals surface area contributed by atoms with Crippen LogP contribution >= 0.6 is 24.0 Å². The van der Waals surface area contributed by atoms with Gasteiger partial charge in [0.2, 0.25) is 0 Å². The topological polar surface area (TPSA) is 60.7 Å². The van der Waals surface area contributed by atoms with Crippen molar-refractivity contribution in [2.24, 2.45) is 12.0 Å². The van der Waals surface area contributed by atoms with E-state index in [1.54, 1.807) is 0 Å². The Balaban J connectivity index is 0.00000300. The molecule has 1 fully saturated rings. The molecule has 0 unspecified atom stereocenters. The van der Waals surface area contributed by atoms with Crippen molar-refractivity contribution < 1.29 is 0 Å². The fourth-order valence-corrected chi connectivity index (χ4v) is 3.59. The molecule has 0 amide bonds. The number of halogens is 1. The highest BCUT2D eigenvalue weighted by Gasteiger charge is 2.18. The van der Waals surface area contributed by atoms with Gasteiger partial charge in [-0.1, -0.05) is 12.1 Å². The van der Waals surface area contributed by atoms with Crippen LogP contribution in [0.4, 0.5) is 5.69 Å². The molecule has 29 heavy (non-hydrogen) atoms. The minimum atomic E-state index is 0. The second-order valence-corrected chi connectivity index (χ2v) is 7.35. The second-order valence-electron chi connectivity index (χ2n) is 7.35. The van der Waals surface area contributed by atoms with Gasteiger partial charge < -0.3 is 15.5 Å². The fourth-order valence-electron chi connectivity index (χ4n) is 3.59. The third kappa shape index (κ3) is 6.33. The van der Waals surface area contributed by atoms with Gasteiger partial charge in [0.05, 0.1) is 12.2 Å². The summed E-state index contributed by atoms with van der Waals surface area (Å²) in [7, 11) is 3.76. The van der Waals surface area contributed by atoms with E-state index >= 15 is 0 Å². The predicted molar refractivity (Wildman–Crippen MR) is 131 cm³/mol. The fraction of sp³-hybridized carbons (Fsp3) is 0.524. The van der Waals surface area contributed by atoms with Crippen LogP contribution in [0.3, 0.4) is 0 Å². The number of hydrogen-bond donors (Lipinski definition) is 2. The molecule has 2 heterocycles. The van der Waals surface area contributed by atoms with Gasteiger partial charge in [-0.15, -0.1) is 24.0 Å². The van der Waals surface area contributed by atoms with Gasteiger partial charge in [0.1, 0.15) is 0 Å². The second kappa shape index (κ2) is 11.4. The molecule has 0 atom stereocenters. The Morgan fingerprint density at radius 2 is 1.86 bits per heavy atom. The number of aryl methyl sites for hydroxylation is 2. The van der Waals surface area contributed by atoms with Crippen LogP contribution < -0.4 is 15.5 Å². The first-order valence-corrected chi connectivity index (χ1v) is 10.0. The molecule has 1 saturated heterocycles. The van der Waals surface area contributed by atoms with Crippen molar-refractivity contribution in [2.75, 3.05) is 51.2 Å². The Kier molecular flexibility index (Phi) is 9.22. The summed E-state index contributed by atoms with van der Waals surface area (Å²) in [6.07, 6.45) is 1.81. The Morgan fingerprint density at radius 3 is 2.52 bits per heavy atom. The van der Waals surface area contributed by atoms with Gasteiger partial charge >= 0.3 is 0 Å². The summed E-state index contributed by atoms with van der Waals surface area (Å²) in [5.41, 5.74) is 5.29. The lowest BCUT2D eigenvalue weighted by Gasteiger charge is -2.37. The molecule has 1 aromatic carbocycles. The Morgan fingerprint density at radius 1 is 1.10 bits per heavy atom. The molecule has 1 aromatic heterocycles. The van der Waals surface area contributed by atoms with Crippen molar-refractivity contribution in [3.63, 3.8) is 0 Å². The maximum Gasteiger partial charge on any atom is 0.191 e. The number of benzene rings is 1. The van der Waals surface area contributed by atoms with E-state index in [4.69, 9.17) is 0 Å². The smallest absolute Gasteiger partial charge is 0.191 e. The maximum atomic E-state index is 4.31. The molecule has 0 bridgehead atoms. The van der Waals surface area contributed by atoms with Crippen LogP contribution in [-0.2, 0) is 13.6 Å². The zero-order valence-electron chi connectivity index (χ0n) is 18.0. The van der Waals surface area contributed by atoms with Crippen LogP contribution in [0.15, 0.2) is 35.5 Å². The molecule has 3 rings (SSSR count). The third-order valence-electron chi connectivity index (χ3n) is 5.59. The number of rotatable bonds is 6. The molecule has 0 radical (unpaired) electrons. The molecular formula is C21H34IN7. The van der Waals surface area contributed by atoms with Gasteiger partial charge in [-0.3, -0.25) is 14.6 Å². The monoisotopic (exact) mass is 511 g/mol. The molecule has 1 aliphatic rings. The molecule has 7 nitrogen and oxygen atoms in total. The summed E-state index contributed by atoms with van der Waals surface area (Å²) >= 11 is 0. The predicted octanol–water partition coefficient (Wildman–Crippen LogP) is 2.14. The number of piperazine rings is 1. The number of anilines is 1. The van der Waals surface area contributed by atoms with Crippen molar-refractivity contribution in [1.82, 2.24) is 25.3 Å². The molecule has 8 heteroatoms. The number of nitrogens with one attached hydrogen (secondary N) is 2. The average Bonchev–Trinajstić information content (AvgIpc) is 3.12. The van der Waals surface area contributed by atoms with Crippen LogP contribution in [0, 0.1) is 13.8 Å². The summed E-state index contributed by atoms with van der Waals surface area (Å²) < 4.78 is 1.87. The summed E-state index contributed by atoms with van der Waals surface area (Å²) in [6, 6.07) is 8.61. The molecule has 1 aliphatic heterocycles. The van der Waals surface area contributed by atoms with Gasteiger partial charge in [0.25, 0.3) is 0 Å². The van der Waals surface area contributed by atoms with Gasteiger partial charge in [0.15, 0.2) is 5.96 Å². The molecule has 160 valence electrons. The summed E-state index contributed by atoms with van der Waals surface area (Å²) in [6.45, 7) is 11.4. The van der Waals surface area contributed by atoms with E-state index in [9.17, 15) is 0 Å². The first kappa shape index (κ1) is 23.5. The van der Waals surface area contributed by atoms with Gasteiger partial charge in [-0.2, -0.15) is 5.10 Å². The third-order valence-corrected chi connectivity index (χ3v) is 5.59. The van der Waals surface area contributed by atoms with Crippen molar-refractivity contribution in [2.45, 2.75) is 20.4 Å². The normalized spacial score (nSPS) is 15.2.